The molecule has 0 N–H and O–H groups in total. The first kappa shape index (κ1) is 20.3. The summed E-state index contributed by atoms with van der Waals surface area (Å²) >= 11 is 0. The molecule has 0 bridgehead atoms. The maximum Gasteiger partial charge on any atom is 0.147 e. The van der Waals surface area contributed by atoms with E-state index >= 15 is 0 Å². The number of aromatic nitrogens is 2. The molecule has 0 saturated carbocycles. The number of hydrogen-bond acceptors (Lipinski definition) is 5. The summed E-state index contributed by atoms with van der Waals surface area (Å²) in [6.07, 6.45) is 4.18. The molecule has 0 amide bonds. The van der Waals surface area contributed by atoms with Crippen LogP contribution in [0.3, 0.4) is 0 Å². The zero-order chi connectivity index (χ0) is 17.5. The molecule has 0 aliphatic carbocycles. The summed E-state index contributed by atoms with van der Waals surface area (Å²) < 4.78 is 35.5. The van der Waals surface area contributed by atoms with Gasteiger partial charge in [0.1, 0.15) is 16.6 Å². The quantitative estimate of drug-likeness (QED) is 0.445. The van der Waals surface area contributed by atoms with Gasteiger partial charge in [-0.3, -0.25) is 0 Å². The lowest BCUT2D eigenvalue weighted by Crippen LogP contribution is -2.22. The zero-order valence-electron chi connectivity index (χ0n) is 15.0. The number of aryl methyl sites for hydroxylation is 1. The highest BCUT2D eigenvalue weighted by molar-refractivity contribution is 7.90. The Morgan fingerprint density at radius 3 is 2.48 bits per heavy atom. The molecule has 0 aromatic carbocycles. The van der Waals surface area contributed by atoms with Crippen LogP contribution in [0.5, 0.6) is 0 Å². The molecule has 0 radical (unpaired) electrons. The summed E-state index contributed by atoms with van der Waals surface area (Å²) in [5.74, 6) is 0.134. The van der Waals surface area contributed by atoms with Crippen LogP contribution in [0.2, 0.25) is 25.7 Å². The Balaban J connectivity index is 2.68. The van der Waals surface area contributed by atoms with Gasteiger partial charge in [-0.15, -0.1) is 0 Å². The summed E-state index contributed by atoms with van der Waals surface area (Å²) in [7, 11) is -2.43. The van der Waals surface area contributed by atoms with Gasteiger partial charge in [0.2, 0.25) is 0 Å². The van der Waals surface area contributed by atoms with Gasteiger partial charge in [-0.25, -0.2) is 13.1 Å². The van der Waals surface area contributed by atoms with Crippen molar-refractivity contribution in [2.45, 2.75) is 45.3 Å². The van der Waals surface area contributed by atoms with E-state index in [2.05, 4.69) is 24.7 Å². The lowest BCUT2D eigenvalue weighted by atomic mass is 10.1. The predicted molar refractivity (Wildman–Crippen MR) is 95.3 cm³/mol. The molecule has 1 rings (SSSR count). The van der Waals surface area contributed by atoms with Crippen molar-refractivity contribution >= 4 is 17.9 Å². The highest BCUT2D eigenvalue weighted by Gasteiger charge is 2.15. The molecular formula is C15H30N2O4SSi. The first-order valence-corrected chi connectivity index (χ1v) is 13.7. The summed E-state index contributed by atoms with van der Waals surface area (Å²) in [4.78, 5) is 0. The number of nitrogens with zero attached hydrogens (tertiary/aromatic N) is 2. The third-order valence-corrected chi connectivity index (χ3v) is 6.18. The second kappa shape index (κ2) is 8.96. The summed E-state index contributed by atoms with van der Waals surface area (Å²) in [6.45, 7) is 8.67. The Hall–Kier alpha value is -0.703. The Kier molecular flexibility index (Phi) is 7.92. The van der Waals surface area contributed by atoms with Gasteiger partial charge in [0, 0.05) is 40.2 Å². The van der Waals surface area contributed by atoms with E-state index in [4.69, 9.17) is 9.47 Å². The van der Waals surface area contributed by atoms with Crippen molar-refractivity contribution in [2.75, 3.05) is 32.3 Å². The second-order valence-corrected chi connectivity index (χ2v) is 15.0. The minimum Gasteiger partial charge on any atom is -0.384 e. The fourth-order valence-corrected chi connectivity index (χ4v) is 3.43. The SMILES string of the molecule is COCCc1c(CCS(C)(=O)=O)cnn1COCC[Si](C)(C)C. The van der Waals surface area contributed by atoms with Crippen LogP contribution in [0.4, 0.5) is 0 Å². The molecule has 1 aromatic rings. The first-order chi connectivity index (χ1) is 10.6. The summed E-state index contributed by atoms with van der Waals surface area (Å²) in [5, 5.41) is 4.36. The van der Waals surface area contributed by atoms with Crippen LogP contribution in [-0.4, -0.2) is 58.6 Å². The smallest absolute Gasteiger partial charge is 0.147 e. The highest BCUT2D eigenvalue weighted by atomic mass is 32.2. The molecule has 0 spiro atoms. The molecular weight excluding hydrogens is 332 g/mol. The van der Waals surface area contributed by atoms with Crippen molar-refractivity contribution in [3.63, 3.8) is 0 Å². The molecule has 1 aromatic heterocycles. The Bertz CT molecular complexity index is 579. The van der Waals surface area contributed by atoms with E-state index in [-0.39, 0.29) is 5.75 Å². The standard InChI is InChI=1S/C15H30N2O4SSi/c1-20-8-6-15-14(7-10-22(2,18)19)12-16-17(15)13-21-9-11-23(3,4)5/h12H,6-11,13H2,1-5H3. The molecule has 6 nitrogen and oxygen atoms in total. The minimum absolute atomic E-state index is 0.134. The van der Waals surface area contributed by atoms with Crippen LogP contribution >= 0.6 is 0 Å². The monoisotopic (exact) mass is 362 g/mol. The third-order valence-electron chi connectivity index (χ3n) is 3.53. The Labute approximate surface area is 141 Å². The van der Waals surface area contributed by atoms with Crippen LogP contribution < -0.4 is 0 Å². The van der Waals surface area contributed by atoms with Gasteiger partial charge >= 0.3 is 0 Å². The van der Waals surface area contributed by atoms with E-state index in [9.17, 15) is 8.42 Å². The molecule has 0 aliphatic rings. The van der Waals surface area contributed by atoms with Crippen molar-refractivity contribution < 1.29 is 17.9 Å². The van der Waals surface area contributed by atoms with Crippen LogP contribution in [0, 0.1) is 0 Å². The van der Waals surface area contributed by atoms with Crippen molar-refractivity contribution in [3.05, 3.63) is 17.5 Å². The Morgan fingerprint density at radius 2 is 1.91 bits per heavy atom. The highest BCUT2D eigenvalue weighted by Crippen LogP contribution is 2.13. The average Bonchev–Trinajstić information content (AvgIpc) is 2.79. The maximum atomic E-state index is 11.4. The largest absolute Gasteiger partial charge is 0.384 e. The number of rotatable bonds is 11. The van der Waals surface area contributed by atoms with Crippen LogP contribution in [0.15, 0.2) is 6.20 Å². The third kappa shape index (κ3) is 8.64. The van der Waals surface area contributed by atoms with Crippen LogP contribution in [-0.2, 0) is 38.9 Å². The topological polar surface area (TPSA) is 70.4 Å². The number of sulfone groups is 1. The molecule has 0 aliphatic heterocycles. The van der Waals surface area contributed by atoms with Gasteiger partial charge in [0.25, 0.3) is 0 Å². The van der Waals surface area contributed by atoms with Gasteiger partial charge in [-0.2, -0.15) is 5.10 Å². The van der Waals surface area contributed by atoms with E-state index in [1.54, 1.807) is 13.3 Å². The van der Waals surface area contributed by atoms with Crippen molar-refractivity contribution in [1.29, 1.82) is 0 Å². The van der Waals surface area contributed by atoms with Crippen molar-refractivity contribution in [3.8, 4) is 0 Å². The van der Waals surface area contributed by atoms with Crippen molar-refractivity contribution in [2.24, 2.45) is 0 Å². The van der Waals surface area contributed by atoms with Gasteiger partial charge < -0.3 is 9.47 Å². The normalized spacial score (nSPS) is 12.7. The van der Waals surface area contributed by atoms with Gasteiger partial charge in [-0.05, 0) is 18.0 Å². The fraction of sp³-hybridized carbons (Fsp3) is 0.800. The van der Waals surface area contributed by atoms with Gasteiger partial charge in [0.05, 0.1) is 18.6 Å². The zero-order valence-corrected chi connectivity index (χ0v) is 16.8. The van der Waals surface area contributed by atoms with E-state index in [0.717, 1.165) is 23.9 Å². The lowest BCUT2D eigenvalue weighted by Gasteiger charge is -2.16. The van der Waals surface area contributed by atoms with E-state index in [1.165, 1.54) is 6.26 Å². The fourth-order valence-electron chi connectivity index (χ4n) is 2.08. The van der Waals surface area contributed by atoms with E-state index in [1.807, 2.05) is 4.68 Å². The van der Waals surface area contributed by atoms with Crippen LogP contribution in [0.25, 0.3) is 0 Å². The molecule has 1 heterocycles. The minimum atomic E-state index is -2.98. The molecule has 8 heteroatoms. The second-order valence-electron chi connectivity index (χ2n) is 7.09. The molecule has 0 unspecified atom stereocenters. The predicted octanol–water partition coefficient (Wildman–Crippen LogP) is 1.97. The van der Waals surface area contributed by atoms with Crippen molar-refractivity contribution in [1.82, 2.24) is 9.78 Å². The first-order valence-electron chi connectivity index (χ1n) is 7.90. The summed E-state index contributed by atoms with van der Waals surface area (Å²) in [5.41, 5.74) is 1.96. The number of ether oxygens (including phenoxy) is 2. The molecule has 134 valence electrons. The Morgan fingerprint density at radius 1 is 1.22 bits per heavy atom. The average molecular weight is 363 g/mol. The molecule has 0 atom stereocenters. The molecule has 0 saturated heterocycles. The molecule has 0 fully saturated rings. The van der Waals surface area contributed by atoms with E-state index in [0.29, 0.717) is 26.2 Å². The molecule has 23 heavy (non-hydrogen) atoms. The summed E-state index contributed by atoms with van der Waals surface area (Å²) in [6, 6.07) is 1.11. The lowest BCUT2D eigenvalue weighted by molar-refractivity contribution is 0.0754. The van der Waals surface area contributed by atoms with Gasteiger partial charge in [-0.1, -0.05) is 19.6 Å². The van der Waals surface area contributed by atoms with Crippen LogP contribution in [0.1, 0.15) is 11.3 Å². The maximum absolute atomic E-state index is 11.4. The van der Waals surface area contributed by atoms with Gasteiger partial charge in [0.15, 0.2) is 0 Å². The number of hydrogen-bond donors (Lipinski definition) is 0. The van der Waals surface area contributed by atoms with E-state index < -0.39 is 17.9 Å². The number of methoxy groups -OCH3 is 1.